The molecule has 13 heteroatoms. The first kappa shape index (κ1) is 29.1. The molecule has 238 valence electrons. The molecule has 2 aliphatic heterocycles. The second kappa shape index (κ2) is 11.6. The Morgan fingerprint density at radius 2 is 1.56 bits per heavy atom. The van der Waals surface area contributed by atoms with Crippen LogP contribution in [0.4, 0.5) is 16.0 Å². The fraction of sp³-hybridized carbons (Fsp3) is 0.200. The Morgan fingerprint density at radius 1 is 0.792 bits per heavy atom. The molecule has 48 heavy (non-hydrogen) atoms. The lowest BCUT2D eigenvalue weighted by molar-refractivity contribution is -0.323. The number of aromatic nitrogens is 2. The Morgan fingerprint density at radius 3 is 2.40 bits per heavy atom. The Hall–Kier alpha value is -5.08. The number of thiazole rings is 2. The minimum Gasteiger partial charge on any atom is -0.486 e. The van der Waals surface area contributed by atoms with E-state index in [-0.39, 0.29) is 36.7 Å². The molecule has 9 rings (SSSR count). The molecule has 2 aliphatic carbocycles. The molecule has 4 heterocycles. The van der Waals surface area contributed by atoms with Gasteiger partial charge in [0.05, 0.1) is 39.4 Å². The maximum absolute atomic E-state index is 14.1. The molecule has 3 unspecified atom stereocenters. The van der Waals surface area contributed by atoms with Gasteiger partial charge in [0.15, 0.2) is 34.2 Å². The summed E-state index contributed by atoms with van der Waals surface area (Å²) in [5.41, 5.74) is 3.37. The van der Waals surface area contributed by atoms with Crippen LogP contribution in [0.5, 0.6) is 11.5 Å². The maximum Gasteiger partial charge on any atom is 0.381 e. The van der Waals surface area contributed by atoms with Crippen LogP contribution in [0.25, 0.3) is 20.4 Å². The van der Waals surface area contributed by atoms with Crippen molar-refractivity contribution in [3.05, 3.63) is 89.5 Å². The van der Waals surface area contributed by atoms with Crippen LogP contribution >= 0.6 is 22.7 Å². The normalized spacial score (nSPS) is 24.5. The minimum atomic E-state index is -1.38. The van der Waals surface area contributed by atoms with Gasteiger partial charge in [-0.2, -0.15) is 0 Å². The number of H-pyrrole nitrogens is 1. The first-order chi connectivity index (χ1) is 23.5. The van der Waals surface area contributed by atoms with Gasteiger partial charge in [-0.3, -0.25) is 14.4 Å². The van der Waals surface area contributed by atoms with Gasteiger partial charge in [0, 0.05) is 5.56 Å². The molecule has 0 bridgehead atoms. The van der Waals surface area contributed by atoms with Crippen molar-refractivity contribution in [3.63, 3.8) is 0 Å². The van der Waals surface area contributed by atoms with E-state index in [4.69, 9.17) is 23.9 Å². The number of ether oxygens (including phenoxy) is 4. The number of carbonyl (C=O) groups is 3. The van der Waals surface area contributed by atoms with Gasteiger partial charge in [-0.15, -0.1) is 0 Å². The van der Waals surface area contributed by atoms with Gasteiger partial charge in [0.2, 0.25) is 11.6 Å². The zero-order valence-electron chi connectivity index (χ0n) is 25.1. The monoisotopic (exact) mass is 677 g/mol. The van der Waals surface area contributed by atoms with E-state index < -0.39 is 35.5 Å². The molecule has 2 N–H and O–H groups in total. The molecule has 11 nitrogen and oxygen atoms in total. The third kappa shape index (κ3) is 4.77. The van der Waals surface area contributed by atoms with E-state index in [0.717, 1.165) is 20.4 Å². The standard InChI is InChI=1S/C35H24N4O7S2/c40-27-25(17-9-11-21(32-30(17)43-13-15-45-32)38-34-36-19-5-1-3-7-23(19)47-34)28(41)29(42)26(27)18-10-12-22(33-31(18)44-14-16-46-33)39-35-37-20-6-2-4-8-24(20)48-35/h1-12,25,31,33H,13-16H2,(H,36,38)/p+1/b26-18-,39-22-. The van der Waals surface area contributed by atoms with Crippen LogP contribution < -0.4 is 19.8 Å². The lowest BCUT2D eigenvalue weighted by Gasteiger charge is -2.34. The molecule has 3 aromatic carbocycles. The Kier molecular flexibility index (Phi) is 7.01. The Bertz CT molecular complexity index is 2220. The Balaban J connectivity index is 1.08. The minimum absolute atomic E-state index is 0.198. The van der Waals surface area contributed by atoms with E-state index in [1.165, 1.54) is 22.7 Å². The predicted octanol–water partition coefficient (Wildman–Crippen LogP) is 5.07. The van der Waals surface area contributed by atoms with Crippen LogP contribution in [-0.4, -0.2) is 66.7 Å². The lowest BCUT2D eigenvalue weighted by Crippen LogP contribution is -2.46. The number of aromatic amines is 1. The van der Waals surface area contributed by atoms with Crippen LogP contribution in [0.3, 0.4) is 0 Å². The van der Waals surface area contributed by atoms with Crippen molar-refractivity contribution >= 4 is 82.1 Å². The number of anilines is 2. The number of para-hydroxylation sites is 2. The fourth-order valence-electron chi connectivity index (χ4n) is 6.49. The fourth-order valence-corrected chi connectivity index (χ4v) is 8.27. The summed E-state index contributed by atoms with van der Waals surface area (Å²) in [5.74, 6) is -3.08. The quantitative estimate of drug-likeness (QED) is 0.120. The van der Waals surface area contributed by atoms with Crippen molar-refractivity contribution in [2.45, 2.75) is 18.1 Å². The van der Waals surface area contributed by atoms with E-state index >= 15 is 0 Å². The smallest absolute Gasteiger partial charge is 0.381 e. The average molecular weight is 678 g/mol. The van der Waals surface area contributed by atoms with Crippen LogP contribution in [0, 0.1) is 0 Å². The summed E-state index contributed by atoms with van der Waals surface area (Å²) < 4.78 is 26.3. The number of nitrogens with zero attached hydrogens (tertiary/aromatic N) is 2. The number of aliphatic imine (C=N–C) groups is 1. The highest BCUT2D eigenvalue weighted by Gasteiger charge is 2.51. The van der Waals surface area contributed by atoms with Crippen molar-refractivity contribution in [1.82, 2.24) is 4.98 Å². The van der Waals surface area contributed by atoms with Crippen LogP contribution in [-0.2, 0) is 23.9 Å². The molecular weight excluding hydrogens is 653 g/mol. The third-order valence-electron chi connectivity index (χ3n) is 8.63. The average Bonchev–Trinajstić information content (AvgIpc) is 3.78. The van der Waals surface area contributed by atoms with Gasteiger partial charge >= 0.3 is 5.13 Å². The number of allylic oxidation sites excluding steroid dienone is 1. The summed E-state index contributed by atoms with van der Waals surface area (Å²) >= 11 is 2.98. The summed E-state index contributed by atoms with van der Waals surface area (Å²) in [4.78, 5) is 54.2. The van der Waals surface area contributed by atoms with Crippen molar-refractivity contribution in [3.8, 4) is 11.5 Å². The van der Waals surface area contributed by atoms with Gasteiger partial charge in [-0.25, -0.2) is 9.97 Å². The molecule has 5 aromatic rings. The first-order valence-electron chi connectivity index (χ1n) is 15.4. The van der Waals surface area contributed by atoms with Gasteiger partial charge in [-0.05, 0) is 58.3 Å². The van der Waals surface area contributed by atoms with Crippen LogP contribution in [0.15, 0.2) is 89.0 Å². The summed E-state index contributed by atoms with van der Waals surface area (Å²) in [5, 5.41) is 4.62. The summed E-state index contributed by atoms with van der Waals surface area (Å²) in [6.07, 6.45) is 1.90. The molecule has 0 radical (unpaired) electrons. The molecule has 1 saturated carbocycles. The topological polar surface area (TPSA) is 140 Å². The Labute approximate surface area is 280 Å². The van der Waals surface area contributed by atoms with Crippen LogP contribution in [0.2, 0.25) is 0 Å². The summed E-state index contributed by atoms with van der Waals surface area (Å²) in [6, 6.07) is 19.0. The number of benzene rings is 3. The van der Waals surface area contributed by atoms with Crippen molar-refractivity contribution < 1.29 is 38.3 Å². The van der Waals surface area contributed by atoms with E-state index in [1.807, 2.05) is 48.5 Å². The van der Waals surface area contributed by atoms with Gasteiger partial charge < -0.3 is 24.3 Å². The molecule has 1 saturated heterocycles. The molecular formula is C35H25N4O7S2+. The molecule has 0 spiro atoms. The molecule has 2 aromatic heterocycles. The number of hydrogen-bond acceptors (Lipinski definition) is 12. The molecule has 3 atom stereocenters. The third-order valence-corrected chi connectivity index (χ3v) is 10.5. The largest absolute Gasteiger partial charge is 0.486 e. The van der Waals surface area contributed by atoms with E-state index in [0.29, 0.717) is 39.6 Å². The zero-order valence-corrected chi connectivity index (χ0v) is 26.7. The second-order valence-corrected chi connectivity index (χ2v) is 13.5. The maximum atomic E-state index is 14.1. The van der Waals surface area contributed by atoms with Gasteiger partial charge in [0.1, 0.15) is 30.8 Å². The van der Waals surface area contributed by atoms with Crippen molar-refractivity contribution in [2.75, 3.05) is 31.7 Å². The molecule has 4 aliphatic rings. The number of hydrogen-bond donors (Lipinski definition) is 1. The number of fused-ring (bicyclic) bond motifs is 4. The van der Waals surface area contributed by atoms with Crippen LogP contribution in [0.1, 0.15) is 11.5 Å². The lowest BCUT2D eigenvalue weighted by atomic mass is 9.87. The highest BCUT2D eigenvalue weighted by Crippen LogP contribution is 2.47. The zero-order chi connectivity index (χ0) is 32.4. The SMILES string of the molecule is O=C1C(=O)C(c2ccc(Nc3nc4ccccc4s3)c3c2OCCO3)C(=O)/C1=C1C=C/C(=N/c2[nH+]c3ccccc3s2)C2OCCOC\12. The molecule has 0 amide bonds. The first-order valence-corrected chi connectivity index (χ1v) is 17.0. The summed E-state index contributed by atoms with van der Waals surface area (Å²) in [6.45, 7) is 1.07. The van der Waals surface area contributed by atoms with E-state index in [9.17, 15) is 14.4 Å². The van der Waals surface area contributed by atoms with E-state index in [2.05, 4.69) is 15.3 Å². The van der Waals surface area contributed by atoms with E-state index in [1.54, 1.807) is 24.3 Å². The number of ketones is 3. The number of carbonyl (C=O) groups excluding carboxylic acids is 3. The second-order valence-electron chi connectivity index (χ2n) is 11.5. The van der Waals surface area contributed by atoms with Crippen molar-refractivity contribution in [2.24, 2.45) is 4.99 Å². The van der Waals surface area contributed by atoms with Gasteiger partial charge in [0.25, 0.3) is 0 Å². The number of Topliss-reactive ketones (excluding diaryl/α,β-unsaturated/α-hetero) is 3. The highest BCUT2D eigenvalue weighted by atomic mass is 32.1. The number of rotatable bonds is 4. The molecule has 2 fully saturated rings. The summed E-state index contributed by atoms with van der Waals surface area (Å²) in [7, 11) is 0. The van der Waals surface area contributed by atoms with Gasteiger partial charge in [-0.1, -0.05) is 47.7 Å². The van der Waals surface area contributed by atoms with Crippen molar-refractivity contribution in [1.29, 1.82) is 0 Å². The predicted molar refractivity (Wildman–Crippen MR) is 179 cm³/mol. The highest BCUT2D eigenvalue weighted by molar-refractivity contribution is 7.22. The number of nitrogens with one attached hydrogen (secondary N) is 2.